The molecule has 0 bridgehead atoms. The molecule has 4 rings (SSSR count). The molecule has 0 aliphatic heterocycles. The Morgan fingerprint density at radius 3 is 1.80 bits per heavy atom. The van der Waals surface area contributed by atoms with Gasteiger partial charge >= 0.3 is 5.97 Å². The normalized spacial score (nSPS) is 13.8. The number of rotatable bonds is 16. The Labute approximate surface area is 264 Å². The minimum atomic E-state index is -1.43. The van der Waals surface area contributed by atoms with Gasteiger partial charge in [0.05, 0.1) is 12.6 Å². The molecule has 0 aliphatic rings. The molecular weight excluding hydrogens is 594 g/mol. The van der Waals surface area contributed by atoms with Gasteiger partial charge in [0.15, 0.2) is 5.96 Å². The number of aliphatic carboxylic acids is 1. The minimum absolute atomic E-state index is 0.0165. The van der Waals surface area contributed by atoms with Crippen molar-refractivity contribution in [2.45, 2.75) is 49.9 Å². The summed E-state index contributed by atoms with van der Waals surface area (Å²) in [6.07, 6.45) is 3.97. The molecule has 4 atom stereocenters. The Hall–Kier alpha value is -5.41. The predicted molar refractivity (Wildman–Crippen MR) is 172 cm³/mol. The summed E-state index contributed by atoms with van der Waals surface area (Å²) in [5.41, 5.74) is 19.5. The van der Waals surface area contributed by atoms with Crippen LogP contribution in [-0.4, -0.2) is 87.2 Å². The molecule has 2 aromatic heterocycles. The number of aliphatic hydroxyl groups excluding tert-OH is 1. The largest absolute Gasteiger partial charge is 0.480 e. The lowest BCUT2D eigenvalue weighted by atomic mass is 10.0. The van der Waals surface area contributed by atoms with Gasteiger partial charge in [0.1, 0.15) is 18.1 Å². The van der Waals surface area contributed by atoms with E-state index >= 15 is 0 Å². The topological polar surface area (TPSA) is 267 Å². The number of hydrogen-bond acceptors (Lipinski definition) is 7. The highest BCUT2D eigenvalue weighted by atomic mass is 16.4. The van der Waals surface area contributed by atoms with Crippen molar-refractivity contribution in [1.29, 1.82) is 0 Å². The lowest BCUT2D eigenvalue weighted by Gasteiger charge is -2.24. The van der Waals surface area contributed by atoms with E-state index in [9.17, 15) is 29.4 Å². The number of nitrogens with zero attached hydrogens (tertiary/aromatic N) is 1. The third-order valence-electron chi connectivity index (χ3n) is 7.57. The standard InChI is InChI=1S/C31H39N9O6/c32-21(8-5-11-35-31(33)34)27(42)40-26(16-41)29(44)38-24(12-17-14-36-22-9-3-1-6-19(17)22)28(43)39-25(30(45)46)13-18-15-37-23-10-4-2-7-20(18)23/h1-4,6-7,9-10,14-15,21,24-26,36-37,41H,5,8,11-13,16,32H2,(H,38,44)(H,39,43)(H,40,42)(H,45,46)(H4,33,34,35). The van der Waals surface area contributed by atoms with E-state index in [2.05, 4.69) is 30.9 Å². The summed E-state index contributed by atoms with van der Waals surface area (Å²) in [5.74, 6) is -3.65. The molecule has 0 radical (unpaired) electrons. The molecule has 46 heavy (non-hydrogen) atoms. The molecule has 0 fully saturated rings. The van der Waals surface area contributed by atoms with E-state index in [1.807, 2.05) is 48.5 Å². The second-order valence-corrected chi connectivity index (χ2v) is 10.9. The van der Waals surface area contributed by atoms with Gasteiger partial charge in [-0.2, -0.15) is 0 Å². The van der Waals surface area contributed by atoms with Crippen molar-refractivity contribution in [3.63, 3.8) is 0 Å². The zero-order valence-corrected chi connectivity index (χ0v) is 25.0. The van der Waals surface area contributed by atoms with Crippen LogP contribution in [0.2, 0.25) is 0 Å². The van der Waals surface area contributed by atoms with E-state index in [0.717, 1.165) is 21.8 Å². The molecule has 0 spiro atoms. The molecule has 13 N–H and O–H groups in total. The molecule has 2 heterocycles. The summed E-state index contributed by atoms with van der Waals surface area (Å²) in [5, 5.41) is 29.1. The Morgan fingerprint density at radius 1 is 0.761 bits per heavy atom. The number of aromatic amines is 2. The summed E-state index contributed by atoms with van der Waals surface area (Å²) in [7, 11) is 0. The van der Waals surface area contributed by atoms with Gasteiger partial charge in [-0.05, 0) is 36.1 Å². The second kappa shape index (κ2) is 15.5. The molecule has 15 nitrogen and oxygen atoms in total. The van der Waals surface area contributed by atoms with E-state index in [1.165, 1.54) is 0 Å². The van der Waals surface area contributed by atoms with E-state index in [1.54, 1.807) is 12.4 Å². The van der Waals surface area contributed by atoms with Crippen LogP contribution in [0.1, 0.15) is 24.0 Å². The maximum absolute atomic E-state index is 13.7. The van der Waals surface area contributed by atoms with Gasteiger partial charge < -0.3 is 53.3 Å². The maximum Gasteiger partial charge on any atom is 0.326 e. The zero-order valence-electron chi connectivity index (χ0n) is 25.0. The Bertz CT molecular complexity index is 1710. The van der Waals surface area contributed by atoms with Crippen molar-refractivity contribution in [2.75, 3.05) is 13.2 Å². The van der Waals surface area contributed by atoms with E-state index in [-0.39, 0.29) is 31.8 Å². The number of carbonyl (C=O) groups is 4. The lowest BCUT2D eigenvalue weighted by Crippen LogP contribution is -2.58. The first kappa shape index (κ1) is 33.5. The summed E-state index contributed by atoms with van der Waals surface area (Å²) in [6.45, 7) is -0.520. The highest BCUT2D eigenvalue weighted by molar-refractivity contribution is 5.95. The number of amides is 3. The average molecular weight is 634 g/mol. The zero-order chi connectivity index (χ0) is 33.2. The van der Waals surface area contributed by atoms with Gasteiger partial charge in [-0.1, -0.05) is 36.4 Å². The fourth-order valence-corrected chi connectivity index (χ4v) is 5.12. The van der Waals surface area contributed by atoms with Crippen LogP contribution in [-0.2, 0) is 32.0 Å². The number of aliphatic imine (C=N–C) groups is 1. The monoisotopic (exact) mass is 633 g/mol. The molecule has 15 heteroatoms. The number of aliphatic hydroxyl groups is 1. The quantitative estimate of drug-likeness (QED) is 0.0426. The van der Waals surface area contributed by atoms with Crippen molar-refractivity contribution < 1.29 is 29.4 Å². The summed E-state index contributed by atoms with van der Waals surface area (Å²) >= 11 is 0. The first-order chi connectivity index (χ1) is 22.1. The van der Waals surface area contributed by atoms with Crippen LogP contribution in [0.25, 0.3) is 21.8 Å². The van der Waals surface area contributed by atoms with Crippen LogP contribution in [0, 0.1) is 0 Å². The molecule has 3 amide bonds. The SMILES string of the molecule is NC(N)=NCCCC(N)C(=O)NC(CO)C(=O)NC(Cc1c[nH]c2ccccc12)C(=O)NC(Cc1c[nH]c2ccccc12)C(=O)O. The molecule has 4 unspecified atom stereocenters. The number of nitrogens with one attached hydrogen (secondary N) is 5. The number of carboxylic acid groups (broad SMARTS) is 1. The number of benzene rings is 2. The number of guanidine groups is 1. The van der Waals surface area contributed by atoms with Gasteiger partial charge in [-0.15, -0.1) is 0 Å². The molecular formula is C31H39N9O6. The number of aromatic nitrogens is 2. The Balaban J connectivity index is 1.50. The van der Waals surface area contributed by atoms with Gasteiger partial charge in [0, 0.05) is 53.6 Å². The van der Waals surface area contributed by atoms with Crippen LogP contribution >= 0.6 is 0 Å². The van der Waals surface area contributed by atoms with Crippen molar-refractivity contribution in [1.82, 2.24) is 25.9 Å². The van der Waals surface area contributed by atoms with Gasteiger partial charge in [-0.3, -0.25) is 19.4 Å². The predicted octanol–water partition coefficient (Wildman–Crippen LogP) is -0.653. The van der Waals surface area contributed by atoms with Gasteiger partial charge in [-0.25, -0.2) is 4.79 Å². The van der Waals surface area contributed by atoms with Crippen LogP contribution in [0.4, 0.5) is 0 Å². The van der Waals surface area contributed by atoms with E-state index in [4.69, 9.17) is 17.2 Å². The van der Waals surface area contributed by atoms with Crippen LogP contribution in [0.15, 0.2) is 65.9 Å². The van der Waals surface area contributed by atoms with Crippen LogP contribution < -0.4 is 33.2 Å². The number of hydrogen-bond donors (Lipinski definition) is 10. The average Bonchev–Trinajstić information content (AvgIpc) is 3.64. The molecule has 0 saturated carbocycles. The number of carbonyl (C=O) groups excluding carboxylic acids is 3. The van der Waals surface area contributed by atoms with Crippen molar-refractivity contribution in [3.8, 4) is 0 Å². The number of nitrogens with two attached hydrogens (primary N) is 3. The van der Waals surface area contributed by atoms with Crippen molar-refractivity contribution in [2.24, 2.45) is 22.2 Å². The fourth-order valence-electron chi connectivity index (χ4n) is 5.12. The molecule has 4 aromatic rings. The number of fused-ring (bicyclic) bond motifs is 2. The first-order valence-corrected chi connectivity index (χ1v) is 14.7. The smallest absolute Gasteiger partial charge is 0.326 e. The fraction of sp³-hybridized carbons (Fsp3) is 0.323. The van der Waals surface area contributed by atoms with Crippen LogP contribution in [0.3, 0.4) is 0 Å². The molecule has 0 aliphatic carbocycles. The van der Waals surface area contributed by atoms with E-state index in [0.29, 0.717) is 17.5 Å². The van der Waals surface area contributed by atoms with Gasteiger partial charge in [0.2, 0.25) is 17.7 Å². The van der Waals surface area contributed by atoms with Crippen LogP contribution in [0.5, 0.6) is 0 Å². The van der Waals surface area contributed by atoms with Crippen molar-refractivity contribution in [3.05, 3.63) is 72.1 Å². The summed E-state index contributed by atoms with van der Waals surface area (Å²) in [6, 6.07) is 9.72. The van der Waals surface area contributed by atoms with Gasteiger partial charge in [0.25, 0.3) is 0 Å². The number of para-hydroxylation sites is 2. The maximum atomic E-state index is 13.7. The lowest BCUT2D eigenvalue weighted by molar-refractivity contribution is -0.142. The van der Waals surface area contributed by atoms with Crippen molar-refractivity contribution >= 4 is 51.5 Å². The Kier molecular flexibility index (Phi) is 11.3. The third kappa shape index (κ3) is 8.61. The second-order valence-electron chi connectivity index (χ2n) is 10.9. The van der Waals surface area contributed by atoms with E-state index < -0.39 is 54.5 Å². The summed E-state index contributed by atoms with van der Waals surface area (Å²) < 4.78 is 0. The Morgan fingerprint density at radius 2 is 1.26 bits per heavy atom. The third-order valence-corrected chi connectivity index (χ3v) is 7.57. The highest BCUT2D eigenvalue weighted by Crippen LogP contribution is 2.21. The number of H-pyrrole nitrogens is 2. The minimum Gasteiger partial charge on any atom is -0.480 e. The number of carboxylic acids is 1. The first-order valence-electron chi connectivity index (χ1n) is 14.7. The molecule has 0 saturated heterocycles. The summed E-state index contributed by atoms with van der Waals surface area (Å²) in [4.78, 5) is 62.0. The molecule has 244 valence electrons. The highest BCUT2D eigenvalue weighted by Gasteiger charge is 2.31. The molecule has 2 aromatic carbocycles.